The number of carbonyl (C=O) groups is 2. The van der Waals surface area contributed by atoms with Crippen molar-refractivity contribution in [1.82, 2.24) is 15.5 Å². The van der Waals surface area contributed by atoms with Gasteiger partial charge in [-0.15, -0.1) is 0 Å². The summed E-state index contributed by atoms with van der Waals surface area (Å²) in [5, 5.41) is 19.0. The van der Waals surface area contributed by atoms with Crippen molar-refractivity contribution in [3.05, 3.63) is 150 Å². The molecule has 0 radical (unpaired) electrons. The summed E-state index contributed by atoms with van der Waals surface area (Å²) in [6, 6.07) is 41.0. The lowest BCUT2D eigenvalue weighted by Gasteiger charge is -2.50. The molecular weight excluding hydrogens is 777 g/mol. The van der Waals surface area contributed by atoms with E-state index in [0.29, 0.717) is 42.9 Å². The molecule has 10 nitrogen and oxygen atoms in total. The Balaban J connectivity index is 0.965. The van der Waals surface area contributed by atoms with Crippen molar-refractivity contribution in [2.75, 3.05) is 11.9 Å². The Morgan fingerprint density at radius 2 is 1.45 bits per heavy atom. The summed E-state index contributed by atoms with van der Waals surface area (Å²) in [6.07, 6.45) is 6.29. The van der Waals surface area contributed by atoms with E-state index < -0.39 is 6.29 Å². The largest absolute Gasteiger partial charge is 0.457 e. The van der Waals surface area contributed by atoms with Gasteiger partial charge in [0.25, 0.3) is 0 Å². The van der Waals surface area contributed by atoms with Crippen LogP contribution in [0.15, 0.2) is 127 Å². The van der Waals surface area contributed by atoms with Gasteiger partial charge in [-0.3, -0.25) is 9.69 Å². The third-order valence-electron chi connectivity index (χ3n) is 12.4. The molecule has 3 aliphatic rings. The fourth-order valence-electron chi connectivity index (χ4n) is 9.35. The van der Waals surface area contributed by atoms with Gasteiger partial charge in [-0.1, -0.05) is 104 Å². The molecule has 4 N–H and O–H groups in total. The van der Waals surface area contributed by atoms with E-state index in [4.69, 9.17) is 14.2 Å². The molecule has 3 fully saturated rings. The summed E-state index contributed by atoms with van der Waals surface area (Å²) in [7, 11) is 0. The molecule has 5 aromatic carbocycles. The van der Waals surface area contributed by atoms with Crippen molar-refractivity contribution >= 4 is 17.6 Å². The minimum Gasteiger partial charge on any atom is -0.457 e. The standard InChI is InChI=1S/C52H60N4O6/c1-52(2,3)55-49(58)47-30-25-37-11-8-10-16-46(37)56(47)33-44-31-48(38-19-17-35(34-57)18-20-38)62-50(61-44)39-23-21-36(22-24-39)45-15-9-7-12-40(45)32-53-51(59)54-41-26-28-43(29-27-41)60-42-13-5-4-6-14-42/h4-7,9,12-15,17-24,26-29,37,44,46-48,50,57H,8,10-11,16,25,30-34H2,1-3H3,(H,55,58)(H2,53,54,59)/t37-,44+,46-,47-,48-,50-/m1/s1. The van der Waals surface area contributed by atoms with E-state index in [2.05, 4.69) is 51.2 Å². The number of aliphatic hydroxyl groups is 1. The Hall–Kier alpha value is -5.52. The molecule has 0 spiro atoms. The molecule has 62 heavy (non-hydrogen) atoms. The van der Waals surface area contributed by atoms with E-state index in [1.54, 1.807) is 0 Å². The third-order valence-corrected chi connectivity index (χ3v) is 12.4. The molecule has 10 heteroatoms. The van der Waals surface area contributed by atoms with Crippen LogP contribution in [0.5, 0.6) is 11.5 Å². The molecule has 1 saturated carbocycles. The van der Waals surface area contributed by atoms with Crippen LogP contribution < -0.4 is 20.7 Å². The minimum absolute atomic E-state index is 0.0189. The molecule has 3 amide bonds. The zero-order chi connectivity index (χ0) is 43.1. The molecule has 2 heterocycles. The Morgan fingerprint density at radius 3 is 2.19 bits per heavy atom. The van der Waals surface area contributed by atoms with E-state index in [-0.39, 0.29) is 42.3 Å². The van der Waals surface area contributed by atoms with Gasteiger partial charge < -0.3 is 35.3 Å². The maximum Gasteiger partial charge on any atom is 0.319 e. The Bertz CT molecular complexity index is 2240. The topological polar surface area (TPSA) is 121 Å². The van der Waals surface area contributed by atoms with E-state index in [1.165, 1.54) is 19.3 Å². The summed E-state index contributed by atoms with van der Waals surface area (Å²) >= 11 is 0. The summed E-state index contributed by atoms with van der Waals surface area (Å²) in [5.41, 5.74) is 6.13. The van der Waals surface area contributed by atoms with E-state index in [9.17, 15) is 14.7 Å². The molecule has 0 unspecified atom stereocenters. The molecule has 324 valence electrons. The van der Waals surface area contributed by atoms with Crippen molar-refractivity contribution in [3.8, 4) is 22.6 Å². The van der Waals surface area contributed by atoms with Crippen LogP contribution >= 0.6 is 0 Å². The fraction of sp³-hybridized carbons (Fsp3) is 0.385. The van der Waals surface area contributed by atoms with Crippen LogP contribution in [0, 0.1) is 5.92 Å². The van der Waals surface area contributed by atoms with Crippen molar-refractivity contribution in [2.45, 2.75) is 115 Å². The Kier molecular flexibility index (Phi) is 13.7. The number of anilines is 1. The van der Waals surface area contributed by atoms with Crippen molar-refractivity contribution in [1.29, 1.82) is 0 Å². The number of hydrogen-bond acceptors (Lipinski definition) is 7. The highest BCUT2D eigenvalue weighted by Gasteiger charge is 2.44. The first-order valence-corrected chi connectivity index (χ1v) is 22.2. The Morgan fingerprint density at radius 1 is 0.758 bits per heavy atom. The average Bonchev–Trinajstić information content (AvgIpc) is 3.29. The summed E-state index contributed by atoms with van der Waals surface area (Å²) in [4.78, 5) is 29.4. The number of carbonyl (C=O) groups excluding carboxylic acids is 2. The first kappa shape index (κ1) is 43.1. The zero-order valence-corrected chi connectivity index (χ0v) is 36.1. The number of amides is 3. The van der Waals surface area contributed by atoms with Crippen molar-refractivity contribution in [3.63, 3.8) is 0 Å². The second-order valence-electron chi connectivity index (χ2n) is 18.0. The number of piperidine rings is 1. The summed E-state index contributed by atoms with van der Waals surface area (Å²) in [6.45, 7) is 7.10. The highest BCUT2D eigenvalue weighted by atomic mass is 16.7. The predicted octanol–water partition coefficient (Wildman–Crippen LogP) is 10.4. The van der Waals surface area contributed by atoms with Crippen LogP contribution in [0.3, 0.4) is 0 Å². The molecule has 0 bridgehead atoms. The average molecular weight is 837 g/mol. The van der Waals surface area contributed by atoms with Gasteiger partial charge in [0.2, 0.25) is 5.91 Å². The SMILES string of the molecule is CC(C)(C)NC(=O)[C@H]1CC[C@H]2CCCC[C@H]2N1C[C@@H]1C[C@H](c2ccc(CO)cc2)O[C@H](c2ccc(-c3ccccc3CNC(=O)Nc3ccc(Oc4ccccc4)cc3)cc2)O1. The first-order valence-electron chi connectivity index (χ1n) is 22.2. The number of hydrogen-bond donors (Lipinski definition) is 4. The zero-order valence-electron chi connectivity index (χ0n) is 36.1. The third kappa shape index (κ3) is 10.9. The molecule has 5 aromatic rings. The number of fused-ring (bicyclic) bond motifs is 1. The molecule has 6 atom stereocenters. The number of rotatable bonds is 12. The number of likely N-dealkylation sites (tertiary alicyclic amines) is 1. The minimum atomic E-state index is -0.626. The van der Waals surface area contributed by atoms with Gasteiger partial charge >= 0.3 is 6.03 Å². The van der Waals surface area contributed by atoms with Crippen LogP contribution in [0.25, 0.3) is 11.1 Å². The number of nitrogens with one attached hydrogen (secondary N) is 3. The van der Waals surface area contributed by atoms with Gasteiger partial charge in [0.1, 0.15) is 11.5 Å². The molecule has 1 aliphatic carbocycles. The molecule has 8 rings (SSSR count). The number of benzene rings is 5. The number of nitrogens with zero attached hydrogens (tertiary/aromatic N) is 1. The number of ether oxygens (including phenoxy) is 3. The van der Waals surface area contributed by atoms with Gasteiger partial charge in [-0.2, -0.15) is 0 Å². The van der Waals surface area contributed by atoms with Crippen molar-refractivity contribution < 1.29 is 28.9 Å². The van der Waals surface area contributed by atoms with Crippen LogP contribution in [0.1, 0.15) is 100 Å². The highest BCUT2D eigenvalue weighted by molar-refractivity contribution is 5.89. The van der Waals surface area contributed by atoms with Crippen molar-refractivity contribution in [2.24, 2.45) is 5.92 Å². The summed E-state index contributed by atoms with van der Waals surface area (Å²) in [5.74, 6) is 2.13. The number of para-hydroxylation sites is 1. The second-order valence-corrected chi connectivity index (χ2v) is 18.0. The first-order chi connectivity index (χ1) is 30.1. The van der Waals surface area contributed by atoms with E-state index in [1.807, 2.05) is 118 Å². The fourth-order valence-corrected chi connectivity index (χ4v) is 9.35. The molecular formula is C52H60N4O6. The molecule has 0 aromatic heterocycles. The lowest BCUT2D eigenvalue weighted by Crippen LogP contribution is -2.61. The van der Waals surface area contributed by atoms with Gasteiger partial charge in [-0.05, 0) is 117 Å². The quantitative estimate of drug-likeness (QED) is 0.0987. The van der Waals surface area contributed by atoms with Crippen LogP contribution in [0.4, 0.5) is 10.5 Å². The van der Waals surface area contributed by atoms with Gasteiger partial charge in [0.05, 0.1) is 24.9 Å². The van der Waals surface area contributed by atoms with E-state index in [0.717, 1.165) is 58.4 Å². The number of aliphatic hydroxyl groups excluding tert-OH is 1. The predicted molar refractivity (Wildman–Crippen MR) is 242 cm³/mol. The second kappa shape index (κ2) is 19.7. The van der Waals surface area contributed by atoms with Crippen LogP contribution in [-0.4, -0.2) is 52.2 Å². The summed E-state index contributed by atoms with van der Waals surface area (Å²) < 4.78 is 19.5. The van der Waals surface area contributed by atoms with Crippen LogP contribution in [0.2, 0.25) is 0 Å². The monoisotopic (exact) mass is 836 g/mol. The van der Waals surface area contributed by atoms with Crippen LogP contribution in [-0.2, 0) is 27.4 Å². The number of urea groups is 1. The van der Waals surface area contributed by atoms with Gasteiger partial charge in [-0.25, -0.2) is 4.79 Å². The normalized spacial score (nSPS) is 22.8. The maximum absolute atomic E-state index is 13.9. The lowest BCUT2D eigenvalue weighted by atomic mass is 9.75. The highest BCUT2D eigenvalue weighted by Crippen LogP contribution is 2.42. The lowest BCUT2D eigenvalue weighted by molar-refractivity contribution is -0.255. The van der Waals surface area contributed by atoms with Gasteiger partial charge in [0.15, 0.2) is 6.29 Å². The molecule has 2 saturated heterocycles. The Labute approximate surface area is 366 Å². The van der Waals surface area contributed by atoms with E-state index >= 15 is 0 Å². The maximum atomic E-state index is 13.9. The molecule has 2 aliphatic heterocycles. The smallest absolute Gasteiger partial charge is 0.319 e. The van der Waals surface area contributed by atoms with Gasteiger partial charge in [0, 0.05) is 42.3 Å².